The van der Waals surface area contributed by atoms with Crippen molar-refractivity contribution in [2.24, 2.45) is 0 Å². The molecule has 3 aromatic carbocycles. The monoisotopic (exact) mass is 576 g/mol. The van der Waals surface area contributed by atoms with E-state index in [0.717, 1.165) is 16.9 Å². The van der Waals surface area contributed by atoms with Gasteiger partial charge in [-0.15, -0.1) is 0 Å². The van der Waals surface area contributed by atoms with Crippen LogP contribution in [0.5, 0.6) is 23.0 Å². The number of nitrogens with zero attached hydrogens (tertiary/aromatic N) is 2. The number of benzene rings is 3. The molecule has 2 aliphatic rings. The lowest BCUT2D eigenvalue weighted by atomic mass is 9.94. The molecule has 3 heterocycles. The van der Waals surface area contributed by atoms with Crippen molar-refractivity contribution < 1.29 is 38.0 Å². The summed E-state index contributed by atoms with van der Waals surface area (Å²) < 4.78 is 36.8. The smallest absolute Gasteiger partial charge is 0.301 e. The topological polar surface area (TPSA) is 107 Å². The Morgan fingerprint density at radius 2 is 1.78 bits per heavy atom. The molecule has 0 radical (unpaired) electrons. The molecule has 0 spiro atoms. The number of fused-ring (bicyclic) bond motifs is 2. The second-order valence-electron chi connectivity index (χ2n) is 9.69. The van der Waals surface area contributed by atoms with Crippen molar-refractivity contribution >= 4 is 44.1 Å². The van der Waals surface area contributed by atoms with Crippen molar-refractivity contribution in [2.75, 3.05) is 26.2 Å². The van der Waals surface area contributed by atoms with Crippen LogP contribution in [0.25, 0.3) is 16.0 Å². The van der Waals surface area contributed by atoms with Gasteiger partial charge in [0.05, 0.1) is 43.2 Å². The van der Waals surface area contributed by atoms with Crippen LogP contribution < -0.4 is 23.8 Å². The minimum absolute atomic E-state index is 0.0175. The fourth-order valence-electron chi connectivity index (χ4n) is 5.32. The highest BCUT2D eigenvalue weighted by atomic mass is 32.1. The molecular weight excluding hydrogens is 551 g/mol. The molecule has 0 saturated carbocycles. The van der Waals surface area contributed by atoms with Crippen molar-refractivity contribution in [3.05, 3.63) is 76.6 Å². The molecule has 11 heteroatoms. The molecule has 1 N–H and O–H groups in total. The normalized spacial score (nSPS) is 19.4. The second kappa shape index (κ2) is 10.1. The van der Waals surface area contributed by atoms with Gasteiger partial charge >= 0.3 is 5.91 Å². The van der Waals surface area contributed by atoms with E-state index >= 15 is 0 Å². The highest BCUT2D eigenvalue weighted by molar-refractivity contribution is 7.22. The quantitative estimate of drug-likeness (QED) is 0.185. The largest absolute Gasteiger partial charge is 0.507 e. The number of ether oxygens (including phenoxy) is 4. The van der Waals surface area contributed by atoms with Gasteiger partial charge in [0.1, 0.15) is 23.4 Å². The molecule has 2 atom stereocenters. The van der Waals surface area contributed by atoms with Gasteiger partial charge in [0.15, 0.2) is 16.6 Å². The van der Waals surface area contributed by atoms with Crippen LogP contribution in [0.2, 0.25) is 0 Å². The molecular formula is C30H25FN2O7S. The van der Waals surface area contributed by atoms with Crippen LogP contribution in [0.15, 0.2) is 54.1 Å². The van der Waals surface area contributed by atoms with E-state index in [0.29, 0.717) is 50.8 Å². The number of Topliss-reactive ketones (excluding diaryl/α,β-unsaturated/α-hetero) is 1. The Kier molecular flexibility index (Phi) is 6.53. The minimum Gasteiger partial charge on any atom is -0.507 e. The number of amides is 1. The number of aliphatic hydroxyl groups is 1. The number of hydrogen-bond donors (Lipinski definition) is 1. The van der Waals surface area contributed by atoms with Crippen LogP contribution in [0.1, 0.15) is 29.7 Å². The van der Waals surface area contributed by atoms with Gasteiger partial charge in [0.2, 0.25) is 5.75 Å². The molecule has 6 rings (SSSR count). The first-order valence-corrected chi connectivity index (χ1v) is 13.5. The van der Waals surface area contributed by atoms with Crippen molar-refractivity contribution in [3.63, 3.8) is 0 Å². The predicted octanol–water partition coefficient (Wildman–Crippen LogP) is 5.41. The maximum Gasteiger partial charge on any atom is 0.301 e. The maximum absolute atomic E-state index is 14.0. The van der Waals surface area contributed by atoms with Gasteiger partial charge in [0.25, 0.3) is 5.78 Å². The Hall–Kier alpha value is -4.64. The van der Waals surface area contributed by atoms with E-state index in [1.165, 1.54) is 44.4 Å². The number of carbonyl (C=O) groups excluding carboxylic acids is 2. The van der Waals surface area contributed by atoms with Crippen molar-refractivity contribution in [1.82, 2.24) is 4.98 Å². The third-order valence-corrected chi connectivity index (χ3v) is 8.18. The summed E-state index contributed by atoms with van der Waals surface area (Å²) >= 11 is 1.06. The number of anilines is 1. The van der Waals surface area contributed by atoms with Crippen LogP contribution in [0, 0.1) is 5.82 Å². The number of ketones is 1. The van der Waals surface area contributed by atoms with Gasteiger partial charge in [-0.05, 0) is 66.6 Å². The van der Waals surface area contributed by atoms with E-state index < -0.39 is 23.5 Å². The molecule has 210 valence electrons. The Labute approximate surface area is 238 Å². The van der Waals surface area contributed by atoms with E-state index in [1.54, 1.807) is 30.3 Å². The first-order valence-electron chi connectivity index (χ1n) is 12.7. The van der Waals surface area contributed by atoms with E-state index in [4.69, 9.17) is 18.9 Å². The van der Waals surface area contributed by atoms with E-state index in [1.807, 2.05) is 6.92 Å². The number of methoxy groups -OCH3 is 3. The lowest BCUT2D eigenvalue weighted by Gasteiger charge is -2.24. The number of aromatic nitrogens is 1. The minimum atomic E-state index is -1.11. The average Bonchev–Trinajstić information content (AvgIpc) is 3.63. The summed E-state index contributed by atoms with van der Waals surface area (Å²) in [6.45, 7) is 1.94. The van der Waals surface area contributed by atoms with Crippen molar-refractivity contribution in [2.45, 2.75) is 25.5 Å². The van der Waals surface area contributed by atoms with Crippen molar-refractivity contribution in [3.8, 4) is 23.0 Å². The van der Waals surface area contributed by atoms with Crippen LogP contribution in [-0.2, 0) is 16.0 Å². The Morgan fingerprint density at radius 3 is 2.46 bits per heavy atom. The zero-order chi connectivity index (χ0) is 29.0. The Morgan fingerprint density at radius 1 is 1.05 bits per heavy atom. The van der Waals surface area contributed by atoms with E-state index in [-0.39, 0.29) is 22.6 Å². The molecule has 1 amide bonds. The third-order valence-electron chi connectivity index (χ3n) is 7.16. The molecule has 1 saturated heterocycles. The van der Waals surface area contributed by atoms with Gasteiger partial charge in [-0.2, -0.15) is 0 Å². The number of thiazole rings is 1. The third kappa shape index (κ3) is 4.33. The molecule has 1 aromatic heterocycles. The van der Waals surface area contributed by atoms with Gasteiger partial charge in [-0.1, -0.05) is 11.3 Å². The summed E-state index contributed by atoms with van der Waals surface area (Å²) in [7, 11) is 4.37. The zero-order valence-corrected chi connectivity index (χ0v) is 23.4. The zero-order valence-electron chi connectivity index (χ0n) is 22.6. The number of aliphatic hydroxyl groups excluding tert-OH is 1. The first kappa shape index (κ1) is 26.6. The Balaban J connectivity index is 1.59. The summed E-state index contributed by atoms with van der Waals surface area (Å²) in [6, 6.07) is 11.3. The SMILES string of the molecule is COc1cc([C@@H]2/C(=C(\O)c3ccc4c(c3)C[C@@H](C)O4)C(=O)C(=O)N2c2nc3ccc(F)cc3s2)cc(OC)c1OC. The van der Waals surface area contributed by atoms with Crippen LogP contribution in [0.3, 0.4) is 0 Å². The lowest BCUT2D eigenvalue weighted by molar-refractivity contribution is -0.132. The standard InChI is InChI=1S/C30H25FN2O7S/c1-14-9-16-10-15(5-8-20(16)40-14)26(34)24-25(17-11-21(37-2)28(39-4)22(12-17)38-3)33(29(36)27(24)35)30-32-19-7-6-18(31)13-23(19)41-30/h5-8,10-14,25,34H,9H2,1-4H3/b26-24+/t14-,25-/m1/s1. The van der Waals surface area contributed by atoms with E-state index in [2.05, 4.69) is 4.98 Å². The fourth-order valence-corrected chi connectivity index (χ4v) is 6.34. The first-order chi connectivity index (χ1) is 19.7. The number of hydrogen-bond acceptors (Lipinski definition) is 9. The fraction of sp³-hybridized carbons (Fsp3) is 0.233. The maximum atomic E-state index is 14.0. The van der Waals surface area contributed by atoms with Gasteiger partial charge in [-0.3, -0.25) is 14.5 Å². The van der Waals surface area contributed by atoms with Gasteiger partial charge < -0.3 is 24.1 Å². The van der Waals surface area contributed by atoms with Gasteiger partial charge in [0, 0.05) is 12.0 Å². The summed E-state index contributed by atoms with van der Waals surface area (Å²) in [5.74, 6) is -0.967. The molecule has 4 aromatic rings. The summed E-state index contributed by atoms with van der Waals surface area (Å²) in [5, 5.41) is 11.8. The lowest BCUT2D eigenvalue weighted by Crippen LogP contribution is -2.29. The highest BCUT2D eigenvalue weighted by Gasteiger charge is 2.48. The van der Waals surface area contributed by atoms with Crippen LogP contribution >= 0.6 is 11.3 Å². The summed E-state index contributed by atoms with van der Waals surface area (Å²) in [6.07, 6.45) is 0.625. The summed E-state index contributed by atoms with van der Waals surface area (Å²) in [4.78, 5) is 33.1. The van der Waals surface area contributed by atoms with Crippen LogP contribution in [0.4, 0.5) is 9.52 Å². The highest BCUT2D eigenvalue weighted by Crippen LogP contribution is 2.48. The molecule has 0 aliphatic carbocycles. The molecule has 1 fully saturated rings. The molecule has 41 heavy (non-hydrogen) atoms. The predicted molar refractivity (Wildman–Crippen MR) is 151 cm³/mol. The number of carbonyl (C=O) groups is 2. The van der Waals surface area contributed by atoms with Crippen LogP contribution in [-0.4, -0.2) is 49.2 Å². The second-order valence-corrected chi connectivity index (χ2v) is 10.7. The molecule has 0 unspecified atom stereocenters. The summed E-state index contributed by atoms with van der Waals surface area (Å²) in [5.41, 5.74) is 1.98. The molecule has 9 nitrogen and oxygen atoms in total. The average molecular weight is 577 g/mol. The molecule has 0 bridgehead atoms. The number of rotatable bonds is 6. The van der Waals surface area contributed by atoms with Crippen molar-refractivity contribution in [1.29, 1.82) is 0 Å². The van der Waals surface area contributed by atoms with E-state index in [9.17, 15) is 19.1 Å². The Bertz CT molecular complexity index is 1740. The van der Waals surface area contributed by atoms with Gasteiger partial charge in [-0.25, -0.2) is 9.37 Å². The molecule has 2 aliphatic heterocycles. The number of halogens is 1.